The van der Waals surface area contributed by atoms with Crippen molar-refractivity contribution in [1.29, 1.82) is 0 Å². The maximum atomic E-state index is 5.88. The number of nitrogens with zero attached hydrogens (tertiary/aromatic N) is 2. The topological polar surface area (TPSA) is 28.2 Å². The fourth-order valence-corrected chi connectivity index (χ4v) is 2.98. The Kier molecular flexibility index (Phi) is 4.19. The standard InChI is InChI=1S/C11H18ClN3S/c1-8(2)9-6-15(4-3-13-9)7-11-14-5-10(12)16-11/h5,8-9,13H,3-4,6-7H2,1-2H3/t9-/m1/s1. The summed E-state index contributed by atoms with van der Waals surface area (Å²) < 4.78 is 0.783. The molecule has 0 amide bonds. The molecule has 0 saturated carbocycles. The fourth-order valence-electron chi connectivity index (χ4n) is 1.98. The first-order chi connectivity index (χ1) is 7.65. The summed E-state index contributed by atoms with van der Waals surface area (Å²) >= 11 is 7.47. The Morgan fingerprint density at radius 1 is 1.69 bits per heavy atom. The van der Waals surface area contributed by atoms with Gasteiger partial charge < -0.3 is 5.32 Å². The van der Waals surface area contributed by atoms with Gasteiger partial charge in [-0.25, -0.2) is 4.98 Å². The maximum absolute atomic E-state index is 5.88. The first kappa shape index (κ1) is 12.3. The van der Waals surface area contributed by atoms with E-state index < -0.39 is 0 Å². The van der Waals surface area contributed by atoms with Crippen molar-refractivity contribution in [3.8, 4) is 0 Å². The van der Waals surface area contributed by atoms with Crippen LogP contribution in [-0.2, 0) is 6.54 Å². The largest absolute Gasteiger partial charge is 0.311 e. The van der Waals surface area contributed by atoms with E-state index in [1.54, 1.807) is 17.5 Å². The molecule has 0 unspecified atom stereocenters. The molecule has 1 saturated heterocycles. The first-order valence-corrected chi connectivity index (χ1v) is 6.90. The number of hydrogen-bond donors (Lipinski definition) is 1. The van der Waals surface area contributed by atoms with Crippen molar-refractivity contribution in [3.05, 3.63) is 15.5 Å². The SMILES string of the molecule is CC(C)[C@H]1CN(Cc2ncc(Cl)s2)CCN1. The zero-order valence-corrected chi connectivity index (χ0v) is 11.3. The normalized spacial score (nSPS) is 22.9. The number of aromatic nitrogens is 1. The molecule has 1 atom stereocenters. The monoisotopic (exact) mass is 259 g/mol. The number of hydrogen-bond acceptors (Lipinski definition) is 4. The molecular weight excluding hydrogens is 242 g/mol. The molecule has 0 radical (unpaired) electrons. The van der Waals surface area contributed by atoms with Gasteiger partial charge in [-0.05, 0) is 5.92 Å². The highest BCUT2D eigenvalue weighted by Gasteiger charge is 2.22. The van der Waals surface area contributed by atoms with Crippen LogP contribution in [0.3, 0.4) is 0 Å². The second-order valence-electron chi connectivity index (χ2n) is 4.60. The Bertz CT molecular complexity index is 340. The second-order valence-corrected chi connectivity index (χ2v) is 6.34. The molecule has 0 spiro atoms. The highest BCUT2D eigenvalue weighted by molar-refractivity contribution is 7.15. The van der Waals surface area contributed by atoms with Gasteiger partial charge in [-0.2, -0.15) is 0 Å². The molecule has 0 aliphatic carbocycles. The van der Waals surface area contributed by atoms with Gasteiger partial charge in [0.15, 0.2) is 0 Å². The summed E-state index contributed by atoms with van der Waals surface area (Å²) in [5.41, 5.74) is 0. The third kappa shape index (κ3) is 3.17. The van der Waals surface area contributed by atoms with Crippen molar-refractivity contribution in [2.75, 3.05) is 19.6 Å². The summed E-state index contributed by atoms with van der Waals surface area (Å²) in [6.45, 7) is 8.74. The van der Waals surface area contributed by atoms with Crippen molar-refractivity contribution < 1.29 is 0 Å². The molecule has 16 heavy (non-hydrogen) atoms. The molecule has 1 fully saturated rings. The highest BCUT2D eigenvalue weighted by atomic mass is 35.5. The number of piperazine rings is 1. The number of nitrogens with one attached hydrogen (secondary N) is 1. The van der Waals surface area contributed by atoms with Crippen LogP contribution in [0.4, 0.5) is 0 Å². The van der Waals surface area contributed by atoms with Gasteiger partial charge in [-0.3, -0.25) is 4.90 Å². The molecule has 0 aromatic carbocycles. The van der Waals surface area contributed by atoms with Crippen molar-refractivity contribution >= 4 is 22.9 Å². The predicted octanol–water partition coefficient (Wildman–Crippen LogP) is 2.23. The lowest BCUT2D eigenvalue weighted by molar-refractivity contribution is 0.168. The molecule has 1 aliphatic rings. The van der Waals surface area contributed by atoms with Gasteiger partial charge in [-0.1, -0.05) is 25.4 Å². The van der Waals surface area contributed by atoms with E-state index in [9.17, 15) is 0 Å². The summed E-state index contributed by atoms with van der Waals surface area (Å²) in [5, 5.41) is 4.67. The molecule has 5 heteroatoms. The molecule has 1 aromatic rings. The van der Waals surface area contributed by atoms with Gasteiger partial charge >= 0.3 is 0 Å². The summed E-state index contributed by atoms with van der Waals surface area (Å²) in [5.74, 6) is 0.683. The van der Waals surface area contributed by atoms with E-state index in [0.29, 0.717) is 12.0 Å². The molecular formula is C11H18ClN3S. The van der Waals surface area contributed by atoms with Crippen LogP contribution in [0.25, 0.3) is 0 Å². The quantitative estimate of drug-likeness (QED) is 0.902. The molecule has 1 N–H and O–H groups in total. The molecule has 3 nitrogen and oxygen atoms in total. The Balaban J connectivity index is 1.90. The predicted molar refractivity (Wildman–Crippen MR) is 69.0 cm³/mol. The summed E-state index contributed by atoms with van der Waals surface area (Å²) in [6, 6.07) is 0.601. The fraction of sp³-hybridized carbons (Fsp3) is 0.727. The van der Waals surface area contributed by atoms with E-state index in [0.717, 1.165) is 35.5 Å². The smallest absolute Gasteiger partial charge is 0.113 e. The van der Waals surface area contributed by atoms with E-state index in [4.69, 9.17) is 11.6 Å². The van der Waals surface area contributed by atoms with Crippen LogP contribution in [-0.4, -0.2) is 35.6 Å². The molecule has 0 bridgehead atoms. The van der Waals surface area contributed by atoms with E-state index in [1.165, 1.54) is 0 Å². The third-order valence-electron chi connectivity index (χ3n) is 2.98. The van der Waals surface area contributed by atoms with Crippen molar-refractivity contribution in [3.63, 3.8) is 0 Å². The maximum Gasteiger partial charge on any atom is 0.113 e. The molecule has 2 heterocycles. The van der Waals surface area contributed by atoms with Crippen molar-refractivity contribution in [1.82, 2.24) is 15.2 Å². The van der Waals surface area contributed by atoms with Gasteiger partial charge in [0.1, 0.15) is 9.34 Å². The minimum absolute atomic E-state index is 0.601. The Morgan fingerprint density at radius 3 is 3.12 bits per heavy atom. The van der Waals surface area contributed by atoms with E-state index in [1.807, 2.05) is 0 Å². The molecule has 2 rings (SSSR count). The Hall–Kier alpha value is -0.160. The Morgan fingerprint density at radius 2 is 2.50 bits per heavy atom. The zero-order valence-electron chi connectivity index (χ0n) is 9.74. The van der Waals surface area contributed by atoms with E-state index >= 15 is 0 Å². The average molecular weight is 260 g/mol. The third-order valence-corrected chi connectivity index (χ3v) is 4.08. The number of halogens is 1. The molecule has 1 aliphatic heterocycles. The van der Waals surface area contributed by atoms with Crippen LogP contribution in [0.2, 0.25) is 4.34 Å². The lowest BCUT2D eigenvalue weighted by atomic mass is 10.0. The minimum atomic E-state index is 0.601. The minimum Gasteiger partial charge on any atom is -0.311 e. The van der Waals surface area contributed by atoms with Crippen molar-refractivity contribution in [2.45, 2.75) is 26.4 Å². The lowest BCUT2D eigenvalue weighted by Gasteiger charge is -2.35. The summed E-state index contributed by atoms with van der Waals surface area (Å²) in [7, 11) is 0. The van der Waals surface area contributed by atoms with Crippen LogP contribution >= 0.6 is 22.9 Å². The number of rotatable bonds is 3. The van der Waals surface area contributed by atoms with Crippen LogP contribution in [0.15, 0.2) is 6.20 Å². The van der Waals surface area contributed by atoms with Crippen LogP contribution < -0.4 is 5.32 Å². The van der Waals surface area contributed by atoms with Crippen LogP contribution in [0.1, 0.15) is 18.9 Å². The van der Waals surface area contributed by atoms with Crippen LogP contribution in [0.5, 0.6) is 0 Å². The molecule has 90 valence electrons. The van der Waals surface area contributed by atoms with Gasteiger partial charge in [0.2, 0.25) is 0 Å². The van der Waals surface area contributed by atoms with Gasteiger partial charge in [0.05, 0.1) is 12.7 Å². The van der Waals surface area contributed by atoms with Crippen molar-refractivity contribution in [2.24, 2.45) is 5.92 Å². The summed E-state index contributed by atoms with van der Waals surface area (Å²) in [4.78, 5) is 6.76. The first-order valence-electron chi connectivity index (χ1n) is 5.71. The van der Waals surface area contributed by atoms with Gasteiger partial charge in [-0.15, -0.1) is 11.3 Å². The van der Waals surface area contributed by atoms with Gasteiger partial charge in [0.25, 0.3) is 0 Å². The highest BCUT2D eigenvalue weighted by Crippen LogP contribution is 2.20. The summed E-state index contributed by atoms with van der Waals surface area (Å²) in [6.07, 6.45) is 1.74. The average Bonchev–Trinajstić information content (AvgIpc) is 2.64. The van der Waals surface area contributed by atoms with E-state index in [-0.39, 0.29) is 0 Å². The Labute approximate surface area is 106 Å². The number of thiazole rings is 1. The lowest BCUT2D eigenvalue weighted by Crippen LogP contribution is -2.52. The second kappa shape index (κ2) is 5.45. The van der Waals surface area contributed by atoms with Crippen LogP contribution in [0, 0.1) is 5.92 Å². The zero-order chi connectivity index (χ0) is 11.5. The molecule has 1 aromatic heterocycles. The van der Waals surface area contributed by atoms with E-state index in [2.05, 4.69) is 29.0 Å². The van der Waals surface area contributed by atoms with Gasteiger partial charge in [0, 0.05) is 25.7 Å².